The Kier molecular flexibility index (Phi) is 4.59. The fourth-order valence-corrected chi connectivity index (χ4v) is 2.13. The summed E-state index contributed by atoms with van der Waals surface area (Å²) in [5.41, 5.74) is 0.562. The Labute approximate surface area is 124 Å². The number of rotatable bonds is 4. The van der Waals surface area contributed by atoms with E-state index in [1.807, 2.05) is 0 Å². The topological polar surface area (TPSA) is 77.2 Å². The van der Waals surface area contributed by atoms with Crippen LogP contribution in [0.25, 0.3) is 11.4 Å². The molecule has 6 nitrogen and oxygen atoms in total. The first-order valence-corrected chi connectivity index (χ1v) is 6.42. The second-order valence-corrected chi connectivity index (χ2v) is 4.67. The third kappa shape index (κ3) is 2.92. The number of nitrogens with zero attached hydrogens (tertiary/aromatic N) is 3. The van der Waals surface area contributed by atoms with Gasteiger partial charge in [0, 0.05) is 10.6 Å². The molecule has 0 fully saturated rings. The monoisotopic (exact) mass is 315 g/mol. The molecule has 0 aliphatic carbocycles. The number of aliphatic hydroxyl groups is 1. The molecule has 1 heterocycles. The van der Waals surface area contributed by atoms with Crippen LogP contribution >= 0.6 is 23.2 Å². The van der Waals surface area contributed by atoms with Crippen LogP contribution in [0, 0.1) is 0 Å². The second kappa shape index (κ2) is 6.21. The molecule has 1 aromatic heterocycles. The van der Waals surface area contributed by atoms with Gasteiger partial charge in [-0.25, -0.2) is 14.5 Å². The molecule has 8 heteroatoms. The van der Waals surface area contributed by atoms with E-state index in [9.17, 15) is 4.79 Å². The van der Waals surface area contributed by atoms with Crippen LogP contribution in [-0.4, -0.2) is 39.6 Å². The summed E-state index contributed by atoms with van der Waals surface area (Å²) in [6.45, 7) is 0.0282. The Bertz CT molecular complexity index is 643. The molecule has 1 N–H and O–H groups in total. The van der Waals surface area contributed by atoms with E-state index in [1.54, 1.807) is 18.2 Å². The van der Waals surface area contributed by atoms with Crippen molar-refractivity contribution in [2.45, 2.75) is 6.54 Å². The Morgan fingerprint density at radius 3 is 2.80 bits per heavy atom. The molecule has 0 radical (unpaired) electrons. The van der Waals surface area contributed by atoms with Gasteiger partial charge in [0.1, 0.15) is 0 Å². The number of esters is 1. The standard InChI is InChI=1S/C12H11Cl2N3O3/c1-20-12(19)10-15-11(17(16-10)4-5-18)8-3-2-7(13)6-9(8)14/h2-3,6,18H,4-5H2,1H3. The van der Waals surface area contributed by atoms with Gasteiger partial charge in [-0.1, -0.05) is 23.2 Å². The quantitative estimate of drug-likeness (QED) is 0.873. The number of ether oxygens (including phenoxy) is 1. The average Bonchev–Trinajstić information content (AvgIpc) is 2.82. The molecule has 0 bridgehead atoms. The van der Waals surface area contributed by atoms with E-state index in [4.69, 9.17) is 28.3 Å². The molecule has 0 atom stereocenters. The second-order valence-electron chi connectivity index (χ2n) is 3.82. The predicted molar refractivity (Wildman–Crippen MR) is 73.9 cm³/mol. The van der Waals surface area contributed by atoms with Gasteiger partial charge in [0.05, 0.1) is 25.3 Å². The zero-order chi connectivity index (χ0) is 14.7. The lowest BCUT2D eigenvalue weighted by Crippen LogP contribution is -2.08. The van der Waals surface area contributed by atoms with Crippen LogP contribution in [0.5, 0.6) is 0 Å². The van der Waals surface area contributed by atoms with Crippen molar-refractivity contribution >= 4 is 29.2 Å². The number of carbonyl (C=O) groups excluding carboxylic acids is 1. The number of carbonyl (C=O) groups is 1. The summed E-state index contributed by atoms with van der Waals surface area (Å²) in [6.07, 6.45) is 0. The summed E-state index contributed by atoms with van der Waals surface area (Å²) in [6, 6.07) is 4.89. The van der Waals surface area contributed by atoms with E-state index in [-0.39, 0.29) is 19.0 Å². The van der Waals surface area contributed by atoms with Gasteiger partial charge in [-0.3, -0.25) is 0 Å². The maximum Gasteiger partial charge on any atom is 0.377 e. The lowest BCUT2D eigenvalue weighted by molar-refractivity contribution is 0.0586. The number of hydrogen-bond donors (Lipinski definition) is 1. The molecule has 0 amide bonds. The normalized spacial score (nSPS) is 10.6. The highest BCUT2D eigenvalue weighted by atomic mass is 35.5. The molecule has 0 aliphatic rings. The van der Waals surface area contributed by atoms with E-state index < -0.39 is 5.97 Å². The molecule has 20 heavy (non-hydrogen) atoms. The third-order valence-electron chi connectivity index (χ3n) is 2.52. The summed E-state index contributed by atoms with van der Waals surface area (Å²) < 4.78 is 5.96. The van der Waals surface area contributed by atoms with Gasteiger partial charge >= 0.3 is 5.97 Å². The third-order valence-corrected chi connectivity index (χ3v) is 3.07. The summed E-state index contributed by atoms with van der Waals surface area (Å²) in [4.78, 5) is 15.6. The average molecular weight is 316 g/mol. The number of benzene rings is 1. The molecule has 2 aromatic rings. The molecule has 0 saturated heterocycles. The molecule has 0 aliphatic heterocycles. The molecule has 2 rings (SSSR count). The molecular formula is C12H11Cl2N3O3. The summed E-state index contributed by atoms with van der Waals surface area (Å²) in [5.74, 6) is -0.392. The van der Waals surface area contributed by atoms with E-state index in [2.05, 4.69) is 14.8 Å². The summed E-state index contributed by atoms with van der Waals surface area (Å²) in [7, 11) is 1.24. The Balaban J connectivity index is 2.53. The van der Waals surface area contributed by atoms with Crippen LogP contribution < -0.4 is 0 Å². The maximum absolute atomic E-state index is 11.5. The van der Waals surface area contributed by atoms with E-state index in [0.717, 1.165) is 0 Å². The van der Waals surface area contributed by atoms with Gasteiger partial charge in [-0.15, -0.1) is 5.10 Å². The van der Waals surface area contributed by atoms with Crippen molar-refractivity contribution in [1.82, 2.24) is 14.8 Å². The van der Waals surface area contributed by atoms with Crippen molar-refractivity contribution in [1.29, 1.82) is 0 Å². The fraction of sp³-hybridized carbons (Fsp3) is 0.250. The van der Waals surface area contributed by atoms with Crippen molar-refractivity contribution in [3.05, 3.63) is 34.1 Å². The highest BCUT2D eigenvalue weighted by Crippen LogP contribution is 2.29. The fourth-order valence-electron chi connectivity index (χ4n) is 1.64. The molecule has 0 unspecified atom stereocenters. The Morgan fingerprint density at radius 1 is 1.45 bits per heavy atom. The van der Waals surface area contributed by atoms with Crippen molar-refractivity contribution in [3.8, 4) is 11.4 Å². The van der Waals surface area contributed by atoms with Crippen molar-refractivity contribution < 1.29 is 14.6 Å². The van der Waals surface area contributed by atoms with Crippen molar-refractivity contribution in [2.75, 3.05) is 13.7 Å². The molecule has 1 aromatic carbocycles. The molecular weight excluding hydrogens is 305 g/mol. The van der Waals surface area contributed by atoms with Gasteiger partial charge in [-0.2, -0.15) is 0 Å². The van der Waals surface area contributed by atoms with Crippen molar-refractivity contribution in [3.63, 3.8) is 0 Å². The largest absolute Gasteiger partial charge is 0.463 e. The number of halogens is 2. The van der Waals surface area contributed by atoms with Gasteiger partial charge in [0.25, 0.3) is 5.82 Å². The van der Waals surface area contributed by atoms with E-state index >= 15 is 0 Å². The number of hydrogen-bond acceptors (Lipinski definition) is 5. The van der Waals surface area contributed by atoms with Gasteiger partial charge < -0.3 is 9.84 Å². The van der Waals surface area contributed by atoms with Crippen LogP contribution in [0.1, 0.15) is 10.6 Å². The smallest absolute Gasteiger partial charge is 0.377 e. The van der Waals surface area contributed by atoms with Crippen LogP contribution in [0.3, 0.4) is 0 Å². The SMILES string of the molecule is COC(=O)c1nc(-c2ccc(Cl)cc2Cl)n(CCO)n1. The lowest BCUT2D eigenvalue weighted by Gasteiger charge is -2.05. The maximum atomic E-state index is 11.5. The minimum absolute atomic E-state index is 0.0954. The minimum atomic E-state index is -0.659. The number of aliphatic hydroxyl groups excluding tert-OH is 1. The van der Waals surface area contributed by atoms with E-state index in [1.165, 1.54) is 11.8 Å². The Morgan fingerprint density at radius 2 is 2.20 bits per heavy atom. The van der Waals surface area contributed by atoms with Gasteiger partial charge in [0.15, 0.2) is 5.82 Å². The van der Waals surface area contributed by atoms with Gasteiger partial charge in [0.2, 0.25) is 0 Å². The van der Waals surface area contributed by atoms with Crippen molar-refractivity contribution in [2.24, 2.45) is 0 Å². The first-order valence-electron chi connectivity index (χ1n) is 5.66. The highest BCUT2D eigenvalue weighted by molar-refractivity contribution is 6.36. The zero-order valence-corrected chi connectivity index (χ0v) is 12.0. The number of aromatic nitrogens is 3. The summed E-state index contributed by atoms with van der Waals surface area (Å²) >= 11 is 12.0. The zero-order valence-electron chi connectivity index (χ0n) is 10.5. The minimum Gasteiger partial charge on any atom is -0.463 e. The molecule has 0 spiro atoms. The van der Waals surface area contributed by atoms with Gasteiger partial charge in [-0.05, 0) is 18.2 Å². The lowest BCUT2D eigenvalue weighted by atomic mass is 10.2. The predicted octanol–water partition coefficient (Wildman–Crippen LogP) is 2.03. The molecule has 106 valence electrons. The van der Waals surface area contributed by atoms with Crippen LogP contribution in [0.4, 0.5) is 0 Å². The van der Waals surface area contributed by atoms with Crippen LogP contribution in [-0.2, 0) is 11.3 Å². The highest BCUT2D eigenvalue weighted by Gasteiger charge is 2.19. The first-order chi connectivity index (χ1) is 9.56. The van der Waals surface area contributed by atoms with E-state index in [0.29, 0.717) is 21.4 Å². The number of methoxy groups -OCH3 is 1. The van der Waals surface area contributed by atoms with Crippen LogP contribution in [0.15, 0.2) is 18.2 Å². The molecule has 0 saturated carbocycles. The Hall–Kier alpha value is -1.63. The van der Waals surface area contributed by atoms with Crippen LogP contribution in [0.2, 0.25) is 10.0 Å². The first kappa shape index (κ1) is 14.8. The summed E-state index contributed by atoms with van der Waals surface area (Å²) in [5, 5.41) is 13.9.